The van der Waals surface area contributed by atoms with Gasteiger partial charge in [-0.2, -0.15) is 13.9 Å². The van der Waals surface area contributed by atoms with Crippen LogP contribution in [0.25, 0.3) is 16.2 Å². The molecule has 0 aromatic carbocycles. The van der Waals surface area contributed by atoms with Crippen molar-refractivity contribution in [1.29, 1.82) is 0 Å². The van der Waals surface area contributed by atoms with Crippen molar-refractivity contribution in [3.63, 3.8) is 0 Å². The molecule has 0 saturated carbocycles. The Bertz CT molecular complexity index is 1360. The minimum absolute atomic E-state index is 0.0329. The van der Waals surface area contributed by atoms with Crippen molar-refractivity contribution in [3.05, 3.63) is 57.0 Å². The molecule has 0 atom stereocenters. The standard InChI is InChI=1S/C21H17ClF2N4O3S2/c1-4-31-20(30)17-10(2)11(3)33-19(17)26-18(29)13-9-16-25-12(14-6-5-7-32-14)8-15(21(22,23)24)28(16)27-13/h5-9H,4H2,1-3H3,(H,26,29). The molecule has 4 aromatic heterocycles. The Morgan fingerprint density at radius 3 is 2.70 bits per heavy atom. The van der Waals surface area contributed by atoms with E-state index in [1.807, 2.05) is 6.92 Å². The highest BCUT2D eigenvalue weighted by molar-refractivity contribution is 7.16. The Morgan fingerprint density at radius 2 is 2.06 bits per heavy atom. The second-order valence-electron chi connectivity index (χ2n) is 6.96. The van der Waals surface area contributed by atoms with Crippen molar-refractivity contribution >= 4 is 56.8 Å². The van der Waals surface area contributed by atoms with Crippen molar-refractivity contribution in [1.82, 2.24) is 14.6 Å². The summed E-state index contributed by atoms with van der Waals surface area (Å²) < 4.78 is 34.2. The minimum atomic E-state index is -3.74. The lowest BCUT2D eigenvalue weighted by Crippen LogP contribution is -2.16. The summed E-state index contributed by atoms with van der Waals surface area (Å²) in [6.45, 7) is 5.43. The number of rotatable bonds is 6. The van der Waals surface area contributed by atoms with E-state index in [0.717, 1.165) is 15.5 Å². The van der Waals surface area contributed by atoms with Crippen LogP contribution in [-0.2, 0) is 10.1 Å². The van der Waals surface area contributed by atoms with Crippen LogP contribution >= 0.6 is 34.3 Å². The lowest BCUT2D eigenvalue weighted by atomic mass is 10.1. The highest BCUT2D eigenvalue weighted by Gasteiger charge is 2.33. The number of amides is 1. The number of carbonyl (C=O) groups excluding carboxylic acids is 2. The zero-order valence-corrected chi connectivity index (χ0v) is 20.0. The molecule has 1 amide bonds. The zero-order valence-electron chi connectivity index (χ0n) is 17.6. The van der Waals surface area contributed by atoms with E-state index in [1.165, 1.54) is 28.7 Å². The quantitative estimate of drug-likeness (QED) is 0.259. The van der Waals surface area contributed by atoms with Gasteiger partial charge in [-0.3, -0.25) is 4.79 Å². The number of aryl methyl sites for hydroxylation is 1. The highest BCUT2D eigenvalue weighted by Crippen LogP contribution is 2.36. The third-order valence-corrected chi connectivity index (χ3v) is 7.02. The van der Waals surface area contributed by atoms with Crippen LogP contribution < -0.4 is 5.32 Å². The van der Waals surface area contributed by atoms with Gasteiger partial charge >= 0.3 is 11.4 Å². The lowest BCUT2D eigenvalue weighted by molar-refractivity contribution is 0.0527. The first-order valence-corrected chi connectivity index (χ1v) is 11.8. The van der Waals surface area contributed by atoms with Gasteiger partial charge in [0.25, 0.3) is 5.91 Å². The van der Waals surface area contributed by atoms with Crippen LogP contribution in [0.5, 0.6) is 0 Å². The third-order valence-electron chi connectivity index (χ3n) is 4.82. The average molecular weight is 511 g/mol. The summed E-state index contributed by atoms with van der Waals surface area (Å²) in [6.07, 6.45) is 0. The molecule has 1 N–H and O–H groups in total. The van der Waals surface area contributed by atoms with Crippen LogP contribution in [-0.4, -0.2) is 33.1 Å². The number of aromatic nitrogens is 3. The summed E-state index contributed by atoms with van der Waals surface area (Å²) in [7, 11) is 0. The van der Waals surface area contributed by atoms with Crippen molar-refractivity contribution in [2.45, 2.75) is 26.2 Å². The molecule has 4 aromatic rings. The molecule has 0 aliphatic rings. The average Bonchev–Trinajstić information content (AvgIpc) is 3.46. The van der Waals surface area contributed by atoms with E-state index in [9.17, 15) is 18.4 Å². The van der Waals surface area contributed by atoms with Crippen molar-refractivity contribution in [2.75, 3.05) is 11.9 Å². The van der Waals surface area contributed by atoms with Gasteiger partial charge in [-0.25, -0.2) is 14.3 Å². The fourth-order valence-corrected chi connectivity index (χ4v) is 5.03. The van der Waals surface area contributed by atoms with E-state index >= 15 is 0 Å². The van der Waals surface area contributed by atoms with Gasteiger partial charge in [0.1, 0.15) is 10.7 Å². The molecular weight excluding hydrogens is 494 g/mol. The highest BCUT2D eigenvalue weighted by atomic mass is 35.5. The molecule has 33 heavy (non-hydrogen) atoms. The molecule has 4 rings (SSSR count). The molecular formula is C21H17ClF2N4O3S2. The van der Waals surface area contributed by atoms with Crippen LogP contribution in [0.15, 0.2) is 29.6 Å². The molecule has 0 aliphatic heterocycles. The molecule has 0 saturated heterocycles. The largest absolute Gasteiger partial charge is 0.462 e. The summed E-state index contributed by atoms with van der Waals surface area (Å²) in [6, 6.07) is 5.94. The maximum Gasteiger partial charge on any atom is 0.364 e. The van der Waals surface area contributed by atoms with Crippen LogP contribution in [0, 0.1) is 13.8 Å². The number of hydrogen-bond acceptors (Lipinski definition) is 7. The second kappa shape index (κ2) is 8.81. The van der Waals surface area contributed by atoms with Crippen LogP contribution in [0.3, 0.4) is 0 Å². The monoisotopic (exact) mass is 510 g/mol. The van der Waals surface area contributed by atoms with E-state index in [0.29, 0.717) is 15.4 Å². The van der Waals surface area contributed by atoms with Crippen molar-refractivity contribution in [2.24, 2.45) is 0 Å². The molecule has 0 unspecified atom stereocenters. The number of fused-ring (bicyclic) bond motifs is 1. The summed E-state index contributed by atoms with van der Waals surface area (Å²) >= 11 is 7.87. The summed E-state index contributed by atoms with van der Waals surface area (Å²) in [5.74, 6) is -1.25. The second-order valence-corrected chi connectivity index (χ2v) is 9.61. The Balaban J connectivity index is 1.75. The molecule has 7 nitrogen and oxygen atoms in total. The Morgan fingerprint density at radius 1 is 1.30 bits per heavy atom. The van der Waals surface area contributed by atoms with Crippen molar-refractivity contribution in [3.8, 4) is 10.6 Å². The smallest absolute Gasteiger partial charge is 0.364 e. The van der Waals surface area contributed by atoms with Crippen LogP contribution in [0.4, 0.5) is 13.8 Å². The van der Waals surface area contributed by atoms with E-state index in [1.54, 1.807) is 31.4 Å². The molecule has 0 radical (unpaired) electrons. The first-order chi connectivity index (χ1) is 15.6. The molecule has 172 valence electrons. The number of alkyl halides is 3. The molecule has 0 spiro atoms. The number of hydrogen-bond donors (Lipinski definition) is 1. The maximum absolute atomic E-state index is 14.2. The lowest BCUT2D eigenvalue weighted by Gasteiger charge is -2.11. The maximum atomic E-state index is 14.2. The number of halogens is 3. The molecule has 0 aliphatic carbocycles. The summed E-state index contributed by atoms with van der Waals surface area (Å²) in [4.78, 5) is 31.2. The Labute approximate surface area is 200 Å². The number of ether oxygens (including phenoxy) is 1. The molecule has 12 heteroatoms. The van der Waals surface area contributed by atoms with Gasteiger partial charge in [0.15, 0.2) is 11.3 Å². The zero-order chi connectivity index (χ0) is 23.9. The van der Waals surface area contributed by atoms with Gasteiger partial charge in [-0.05, 0) is 55.4 Å². The number of esters is 1. The normalized spacial score (nSPS) is 11.7. The number of carbonyl (C=O) groups is 2. The summed E-state index contributed by atoms with van der Waals surface area (Å²) in [5, 5.41) is 4.99. The van der Waals surface area contributed by atoms with E-state index in [-0.39, 0.29) is 29.2 Å². The Hall–Kier alpha value is -2.89. The van der Waals surface area contributed by atoms with Gasteiger partial charge in [-0.15, -0.1) is 22.7 Å². The fraction of sp³-hybridized carbons (Fsp3) is 0.238. The number of thiophene rings is 2. The fourth-order valence-electron chi connectivity index (χ4n) is 3.17. The Kier molecular flexibility index (Phi) is 6.21. The first kappa shape index (κ1) is 23.3. The molecule has 0 bridgehead atoms. The van der Waals surface area contributed by atoms with Crippen LogP contribution in [0.1, 0.15) is 43.9 Å². The minimum Gasteiger partial charge on any atom is -0.462 e. The van der Waals surface area contributed by atoms with Gasteiger partial charge in [-0.1, -0.05) is 6.07 Å². The third kappa shape index (κ3) is 4.48. The SMILES string of the molecule is CCOC(=O)c1c(NC(=O)c2cc3nc(-c4cccs4)cc(C(F)(F)Cl)n3n2)sc(C)c1C. The van der Waals surface area contributed by atoms with E-state index in [4.69, 9.17) is 16.3 Å². The van der Waals surface area contributed by atoms with Gasteiger partial charge in [0, 0.05) is 10.9 Å². The van der Waals surface area contributed by atoms with E-state index < -0.39 is 23.0 Å². The van der Waals surface area contributed by atoms with Gasteiger partial charge in [0.2, 0.25) is 0 Å². The van der Waals surface area contributed by atoms with Crippen LogP contribution in [0.2, 0.25) is 0 Å². The number of anilines is 1. The first-order valence-electron chi connectivity index (χ1n) is 9.70. The predicted octanol–water partition coefficient (Wildman–Crippen LogP) is 5.85. The molecule has 0 fully saturated rings. The summed E-state index contributed by atoms with van der Waals surface area (Å²) in [5.41, 5.74) is 0.482. The number of nitrogens with one attached hydrogen (secondary N) is 1. The topological polar surface area (TPSA) is 85.6 Å². The number of nitrogens with zero attached hydrogens (tertiary/aromatic N) is 3. The predicted molar refractivity (Wildman–Crippen MR) is 124 cm³/mol. The van der Waals surface area contributed by atoms with Gasteiger partial charge in [0.05, 0.1) is 22.7 Å². The van der Waals surface area contributed by atoms with E-state index in [2.05, 4.69) is 15.4 Å². The van der Waals surface area contributed by atoms with Gasteiger partial charge < -0.3 is 10.1 Å². The van der Waals surface area contributed by atoms with Crippen molar-refractivity contribution < 1.29 is 23.1 Å². The molecule has 4 heterocycles.